The fraction of sp³-hybridized carbons (Fsp3) is 0.200. The highest BCUT2D eigenvalue weighted by atomic mass is 16.5. The van der Waals surface area contributed by atoms with Crippen LogP contribution in [0.1, 0.15) is 5.82 Å². The van der Waals surface area contributed by atoms with Crippen LogP contribution in [0.2, 0.25) is 0 Å². The average Bonchev–Trinajstić information content (AvgIpc) is 2.64. The third-order valence-corrected chi connectivity index (χ3v) is 2.06. The van der Waals surface area contributed by atoms with Gasteiger partial charge in [0.15, 0.2) is 5.82 Å². The Bertz CT molecular complexity index is 478. The summed E-state index contributed by atoms with van der Waals surface area (Å²) in [4.78, 5) is 4.23. The van der Waals surface area contributed by atoms with Crippen LogP contribution in [0.15, 0.2) is 18.2 Å². The number of hydrogen-bond acceptors (Lipinski definition) is 4. The van der Waals surface area contributed by atoms with Gasteiger partial charge in [0.05, 0.1) is 12.7 Å². The Morgan fingerprint density at radius 2 is 2.20 bits per heavy atom. The van der Waals surface area contributed by atoms with Gasteiger partial charge in [-0.1, -0.05) is 0 Å². The van der Waals surface area contributed by atoms with Crippen molar-refractivity contribution in [1.29, 1.82) is 0 Å². The SMILES string of the molecule is COc1cc(N)ccc1-c1n[nH]c(C)n1. The summed E-state index contributed by atoms with van der Waals surface area (Å²) >= 11 is 0. The van der Waals surface area contributed by atoms with Crippen LogP contribution in [0.5, 0.6) is 5.75 Å². The Balaban J connectivity index is 2.52. The lowest BCUT2D eigenvalue weighted by atomic mass is 10.1. The lowest BCUT2D eigenvalue weighted by Gasteiger charge is -2.05. The van der Waals surface area contributed by atoms with Crippen molar-refractivity contribution in [3.05, 3.63) is 24.0 Å². The normalized spacial score (nSPS) is 10.3. The Labute approximate surface area is 87.3 Å². The number of aryl methyl sites for hydroxylation is 1. The Morgan fingerprint density at radius 1 is 1.40 bits per heavy atom. The van der Waals surface area contributed by atoms with Gasteiger partial charge in [-0.05, 0) is 19.1 Å². The molecule has 1 aromatic carbocycles. The molecular weight excluding hydrogens is 192 g/mol. The number of H-pyrrole nitrogens is 1. The van der Waals surface area contributed by atoms with Crippen LogP contribution in [0.4, 0.5) is 5.69 Å². The molecule has 0 atom stereocenters. The number of anilines is 1. The Morgan fingerprint density at radius 3 is 2.80 bits per heavy atom. The van der Waals surface area contributed by atoms with Crippen molar-refractivity contribution in [3.8, 4) is 17.1 Å². The van der Waals surface area contributed by atoms with E-state index in [-0.39, 0.29) is 0 Å². The maximum absolute atomic E-state index is 5.66. The summed E-state index contributed by atoms with van der Waals surface area (Å²) in [6, 6.07) is 5.39. The molecule has 0 aliphatic carbocycles. The van der Waals surface area contributed by atoms with E-state index in [1.165, 1.54) is 0 Å². The summed E-state index contributed by atoms with van der Waals surface area (Å²) in [5.74, 6) is 2.06. The van der Waals surface area contributed by atoms with Crippen molar-refractivity contribution in [2.24, 2.45) is 0 Å². The molecule has 0 fully saturated rings. The zero-order chi connectivity index (χ0) is 10.8. The van der Waals surface area contributed by atoms with Crippen LogP contribution < -0.4 is 10.5 Å². The first-order valence-electron chi connectivity index (χ1n) is 4.53. The summed E-state index contributed by atoms with van der Waals surface area (Å²) < 4.78 is 5.22. The minimum atomic E-state index is 0.615. The van der Waals surface area contributed by atoms with Crippen molar-refractivity contribution < 1.29 is 4.74 Å². The number of aromatic nitrogens is 3. The summed E-state index contributed by atoms with van der Waals surface area (Å²) in [7, 11) is 1.60. The number of ether oxygens (including phenoxy) is 1. The minimum Gasteiger partial charge on any atom is -0.496 e. The van der Waals surface area contributed by atoms with Crippen molar-refractivity contribution >= 4 is 5.69 Å². The standard InChI is InChI=1S/C10H12N4O/c1-6-12-10(14-13-6)8-4-3-7(11)5-9(8)15-2/h3-5H,11H2,1-2H3,(H,12,13,14). The lowest BCUT2D eigenvalue weighted by molar-refractivity contribution is 0.416. The second-order valence-corrected chi connectivity index (χ2v) is 3.20. The molecule has 1 heterocycles. The molecule has 0 bridgehead atoms. The maximum Gasteiger partial charge on any atom is 0.184 e. The van der Waals surface area contributed by atoms with Crippen molar-refractivity contribution in [3.63, 3.8) is 0 Å². The third kappa shape index (κ3) is 1.76. The molecular formula is C10H12N4O. The van der Waals surface area contributed by atoms with E-state index in [4.69, 9.17) is 10.5 Å². The number of nitrogen functional groups attached to an aromatic ring is 1. The number of nitrogens with two attached hydrogens (primary N) is 1. The van der Waals surface area contributed by atoms with Crippen LogP contribution >= 0.6 is 0 Å². The molecule has 5 heteroatoms. The van der Waals surface area contributed by atoms with E-state index in [1.54, 1.807) is 19.2 Å². The fourth-order valence-corrected chi connectivity index (χ4v) is 1.36. The zero-order valence-electron chi connectivity index (χ0n) is 8.61. The first-order chi connectivity index (χ1) is 7.20. The van der Waals surface area contributed by atoms with Gasteiger partial charge in [0.1, 0.15) is 11.6 Å². The molecule has 0 saturated heterocycles. The number of nitrogens with one attached hydrogen (secondary N) is 1. The van der Waals surface area contributed by atoms with Gasteiger partial charge >= 0.3 is 0 Å². The molecule has 1 aromatic heterocycles. The molecule has 0 spiro atoms. The van der Waals surface area contributed by atoms with Gasteiger partial charge in [0.2, 0.25) is 0 Å². The van der Waals surface area contributed by atoms with E-state index in [0.29, 0.717) is 17.3 Å². The summed E-state index contributed by atoms with van der Waals surface area (Å²) in [5.41, 5.74) is 7.14. The van der Waals surface area contributed by atoms with Crippen LogP contribution in [0.25, 0.3) is 11.4 Å². The predicted octanol–water partition coefficient (Wildman–Crippen LogP) is 1.37. The minimum absolute atomic E-state index is 0.615. The van der Waals surface area contributed by atoms with Crippen LogP contribution in [0, 0.1) is 6.92 Å². The summed E-state index contributed by atoms with van der Waals surface area (Å²) in [6.07, 6.45) is 0. The highest BCUT2D eigenvalue weighted by Gasteiger charge is 2.10. The van der Waals surface area contributed by atoms with Gasteiger partial charge in [-0.3, -0.25) is 5.10 Å². The lowest BCUT2D eigenvalue weighted by Crippen LogP contribution is -1.92. The highest BCUT2D eigenvalue weighted by molar-refractivity contribution is 5.67. The van der Waals surface area contributed by atoms with Crippen LogP contribution in [-0.2, 0) is 0 Å². The number of hydrogen-bond donors (Lipinski definition) is 2. The van der Waals surface area contributed by atoms with E-state index in [2.05, 4.69) is 15.2 Å². The van der Waals surface area contributed by atoms with Gasteiger partial charge in [0.25, 0.3) is 0 Å². The molecule has 0 unspecified atom stereocenters. The molecule has 0 aliphatic rings. The van der Waals surface area contributed by atoms with Gasteiger partial charge in [0, 0.05) is 11.8 Å². The van der Waals surface area contributed by atoms with Gasteiger partial charge in [-0.15, -0.1) is 0 Å². The molecule has 0 radical (unpaired) electrons. The molecule has 0 amide bonds. The molecule has 78 valence electrons. The van der Waals surface area contributed by atoms with E-state index in [0.717, 1.165) is 11.4 Å². The largest absolute Gasteiger partial charge is 0.496 e. The Hall–Kier alpha value is -2.04. The maximum atomic E-state index is 5.66. The van der Waals surface area contributed by atoms with Gasteiger partial charge in [-0.2, -0.15) is 5.10 Å². The first-order valence-corrected chi connectivity index (χ1v) is 4.53. The van der Waals surface area contributed by atoms with Gasteiger partial charge in [-0.25, -0.2) is 4.98 Å². The fourth-order valence-electron chi connectivity index (χ4n) is 1.36. The first kappa shape index (κ1) is 9.51. The van der Waals surface area contributed by atoms with E-state index in [1.807, 2.05) is 13.0 Å². The van der Waals surface area contributed by atoms with E-state index in [9.17, 15) is 0 Å². The molecule has 5 nitrogen and oxygen atoms in total. The molecule has 0 aliphatic heterocycles. The predicted molar refractivity (Wildman–Crippen MR) is 57.5 cm³/mol. The smallest absolute Gasteiger partial charge is 0.184 e. The number of aromatic amines is 1. The van der Waals surface area contributed by atoms with E-state index < -0.39 is 0 Å². The topological polar surface area (TPSA) is 76.8 Å². The quantitative estimate of drug-likeness (QED) is 0.724. The molecule has 0 saturated carbocycles. The summed E-state index contributed by atoms with van der Waals surface area (Å²) in [6.45, 7) is 1.85. The van der Waals surface area contributed by atoms with Crippen molar-refractivity contribution in [2.75, 3.05) is 12.8 Å². The highest BCUT2D eigenvalue weighted by Crippen LogP contribution is 2.28. The number of methoxy groups -OCH3 is 1. The second-order valence-electron chi connectivity index (χ2n) is 3.20. The van der Waals surface area contributed by atoms with Crippen LogP contribution in [0.3, 0.4) is 0 Å². The second kappa shape index (κ2) is 3.61. The Kier molecular flexibility index (Phi) is 2.29. The van der Waals surface area contributed by atoms with Crippen LogP contribution in [-0.4, -0.2) is 22.3 Å². The number of nitrogens with zero attached hydrogens (tertiary/aromatic N) is 2. The van der Waals surface area contributed by atoms with Crippen molar-refractivity contribution in [2.45, 2.75) is 6.92 Å². The molecule has 3 N–H and O–H groups in total. The zero-order valence-corrected chi connectivity index (χ0v) is 8.61. The average molecular weight is 204 g/mol. The van der Waals surface area contributed by atoms with Gasteiger partial charge < -0.3 is 10.5 Å². The molecule has 15 heavy (non-hydrogen) atoms. The molecule has 2 aromatic rings. The third-order valence-electron chi connectivity index (χ3n) is 2.06. The summed E-state index contributed by atoms with van der Waals surface area (Å²) in [5, 5.41) is 6.85. The molecule has 2 rings (SSSR count). The number of benzene rings is 1. The van der Waals surface area contributed by atoms with Crippen molar-refractivity contribution in [1.82, 2.24) is 15.2 Å². The number of rotatable bonds is 2. The van der Waals surface area contributed by atoms with E-state index >= 15 is 0 Å². The monoisotopic (exact) mass is 204 g/mol.